The van der Waals surface area contributed by atoms with E-state index in [0.29, 0.717) is 6.04 Å². The Morgan fingerprint density at radius 3 is 2.58 bits per heavy atom. The molecule has 19 heavy (non-hydrogen) atoms. The van der Waals surface area contributed by atoms with Gasteiger partial charge >= 0.3 is 0 Å². The standard InChI is InChI=1S/C15H27N3O/c1-6-17(4)11-12-18(7-2)13(3)14-9-8-10-16-15(14)19-5/h8-10,13H,6-7,11-12H2,1-5H3/t13-/m0/s1. The summed E-state index contributed by atoms with van der Waals surface area (Å²) in [6.45, 7) is 10.8. The van der Waals surface area contributed by atoms with Crippen molar-refractivity contribution in [2.75, 3.05) is 40.3 Å². The predicted octanol–water partition coefficient (Wildman–Crippen LogP) is 2.42. The average Bonchev–Trinajstić information content (AvgIpc) is 2.47. The van der Waals surface area contributed by atoms with Gasteiger partial charge in [0.05, 0.1) is 7.11 Å². The molecule has 0 fully saturated rings. The Kier molecular flexibility index (Phi) is 6.81. The Morgan fingerprint density at radius 1 is 1.26 bits per heavy atom. The first kappa shape index (κ1) is 15.9. The molecule has 0 N–H and O–H groups in total. The van der Waals surface area contributed by atoms with E-state index >= 15 is 0 Å². The average molecular weight is 265 g/mol. The first-order valence-corrected chi connectivity index (χ1v) is 7.05. The van der Waals surface area contributed by atoms with Gasteiger partial charge in [0.15, 0.2) is 0 Å². The second-order valence-electron chi connectivity index (χ2n) is 4.80. The maximum Gasteiger partial charge on any atom is 0.217 e. The molecule has 0 bridgehead atoms. The van der Waals surface area contributed by atoms with E-state index < -0.39 is 0 Å². The van der Waals surface area contributed by atoms with Crippen LogP contribution in [0.4, 0.5) is 0 Å². The summed E-state index contributed by atoms with van der Waals surface area (Å²) in [6, 6.07) is 4.39. The highest BCUT2D eigenvalue weighted by atomic mass is 16.5. The number of rotatable bonds is 8. The maximum absolute atomic E-state index is 5.36. The molecule has 1 aromatic rings. The van der Waals surface area contributed by atoms with E-state index in [2.05, 4.69) is 48.7 Å². The number of hydrogen-bond donors (Lipinski definition) is 0. The van der Waals surface area contributed by atoms with Crippen molar-refractivity contribution in [3.8, 4) is 5.88 Å². The zero-order valence-corrected chi connectivity index (χ0v) is 12.9. The third-order valence-electron chi connectivity index (χ3n) is 3.71. The summed E-state index contributed by atoms with van der Waals surface area (Å²) < 4.78 is 5.36. The molecule has 0 spiro atoms. The fraction of sp³-hybridized carbons (Fsp3) is 0.667. The minimum Gasteiger partial charge on any atom is -0.481 e. The van der Waals surface area contributed by atoms with Crippen LogP contribution in [0.1, 0.15) is 32.4 Å². The zero-order chi connectivity index (χ0) is 14.3. The predicted molar refractivity (Wildman–Crippen MR) is 79.6 cm³/mol. The van der Waals surface area contributed by atoms with Gasteiger partial charge in [-0.2, -0.15) is 0 Å². The molecule has 0 amide bonds. The van der Waals surface area contributed by atoms with E-state index in [-0.39, 0.29) is 0 Å². The van der Waals surface area contributed by atoms with Crippen molar-refractivity contribution in [3.05, 3.63) is 23.9 Å². The largest absolute Gasteiger partial charge is 0.481 e. The Bertz CT molecular complexity index is 370. The molecule has 0 saturated heterocycles. The van der Waals surface area contributed by atoms with Gasteiger partial charge in [-0.25, -0.2) is 4.98 Å². The lowest BCUT2D eigenvalue weighted by atomic mass is 10.1. The van der Waals surface area contributed by atoms with Gasteiger partial charge in [-0.1, -0.05) is 19.9 Å². The van der Waals surface area contributed by atoms with Crippen LogP contribution in [0.25, 0.3) is 0 Å². The van der Waals surface area contributed by atoms with Crippen LogP contribution in [0.3, 0.4) is 0 Å². The number of ether oxygens (including phenoxy) is 1. The van der Waals surface area contributed by atoms with Crippen LogP contribution in [0.2, 0.25) is 0 Å². The minimum absolute atomic E-state index is 0.318. The third kappa shape index (κ3) is 4.48. The molecule has 0 aliphatic rings. The molecular formula is C15H27N3O. The van der Waals surface area contributed by atoms with Crippen molar-refractivity contribution < 1.29 is 4.74 Å². The molecule has 1 heterocycles. The first-order valence-electron chi connectivity index (χ1n) is 7.05. The molecule has 0 unspecified atom stereocenters. The molecule has 0 radical (unpaired) electrons. The first-order chi connectivity index (χ1) is 9.13. The summed E-state index contributed by atoms with van der Waals surface area (Å²) in [6.07, 6.45) is 1.77. The second-order valence-corrected chi connectivity index (χ2v) is 4.80. The summed E-state index contributed by atoms with van der Waals surface area (Å²) >= 11 is 0. The van der Waals surface area contributed by atoms with Crippen molar-refractivity contribution in [1.29, 1.82) is 0 Å². The van der Waals surface area contributed by atoms with Crippen LogP contribution in [0, 0.1) is 0 Å². The SMILES string of the molecule is CCN(C)CCN(CC)[C@@H](C)c1cccnc1OC. The molecule has 1 aromatic heterocycles. The number of pyridine rings is 1. The van der Waals surface area contributed by atoms with E-state index in [0.717, 1.165) is 37.6 Å². The molecule has 4 nitrogen and oxygen atoms in total. The Labute approximate surface area is 117 Å². The van der Waals surface area contributed by atoms with Crippen molar-refractivity contribution in [2.24, 2.45) is 0 Å². The second kappa shape index (κ2) is 8.12. The molecule has 0 aromatic carbocycles. The number of likely N-dealkylation sites (N-methyl/N-ethyl adjacent to an activating group) is 2. The lowest BCUT2D eigenvalue weighted by Crippen LogP contribution is -2.35. The molecule has 0 aliphatic carbocycles. The topological polar surface area (TPSA) is 28.6 Å². The lowest BCUT2D eigenvalue weighted by molar-refractivity contribution is 0.188. The van der Waals surface area contributed by atoms with Gasteiger partial charge < -0.3 is 9.64 Å². The Hall–Kier alpha value is -1.13. The molecule has 1 atom stereocenters. The van der Waals surface area contributed by atoms with Crippen molar-refractivity contribution in [3.63, 3.8) is 0 Å². The normalized spacial score (nSPS) is 13.0. The maximum atomic E-state index is 5.36. The fourth-order valence-electron chi connectivity index (χ4n) is 2.17. The minimum atomic E-state index is 0.318. The van der Waals surface area contributed by atoms with Gasteiger partial charge in [-0.3, -0.25) is 4.90 Å². The van der Waals surface area contributed by atoms with Gasteiger partial charge in [0.25, 0.3) is 0 Å². The van der Waals surface area contributed by atoms with Crippen LogP contribution in [-0.4, -0.2) is 55.1 Å². The van der Waals surface area contributed by atoms with Crippen molar-refractivity contribution in [1.82, 2.24) is 14.8 Å². The van der Waals surface area contributed by atoms with Gasteiger partial charge in [0, 0.05) is 30.9 Å². The van der Waals surface area contributed by atoms with E-state index in [1.807, 2.05) is 6.07 Å². The van der Waals surface area contributed by atoms with Crippen molar-refractivity contribution >= 4 is 0 Å². The smallest absolute Gasteiger partial charge is 0.217 e. The van der Waals surface area contributed by atoms with Crippen LogP contribution < -0.4 is 4.74 Å². The number of nitrogens with zero attached hydrogens (tertiary/aromatic N) is 3. The summed E-state index contributed by atoms with van der Waals surface area (Å²) in [5, 5.41) is 0. The van der Waals surface area contributed by atoms with Crippen LogP contribution in [0.5, 0.6) is 5.88 Å². The summed E-state index contributed by atoms with van der Waals surface area (Å²) in [5.41, 5.74) is 1.16. The molecule has 108 valence electrons. The molecule has 4 heteroatoms. The monoisotopic (exact) mass is 265 g/mol. The van der Waals surface area contributed by atoms with E-state index in [4.69, 9.17) is 4.74 Å². The molecular weight excluding hydrogens is 238 g/mol. The summed E-state index contributed by atoms with van der Waals surface area (Å²) in [5.74, 6) is 0.734. The van der Waals surface area contributed by atoms with Crippen LogP contribution in [-0.2, 0) is 0 Å². The highest BCUT2D eigenvalue weighted by Crippen LogP contribution is 2.26. The van der Waals surface area contributed by atoms with Gasteiger partial charge in [-0.15, -0.1) is 0 Å². The van der Waals surface area contributed by atoms with Gasteiger partial charge in [-0.05, 0) is 33.1 Å². The highest BCUT2D eigenvalue weighted by molar-refractivity contribution is 5.28. The van der Waals surface area contributed by atoms with Crippen LogP contribution >= 0.6 is 0 Å². The van der Waals surface area contributed by atoms with E-state index in [9.17, 15) is 0 Å². The number of hydrogen-bond acceptors (Lipinski definition) is 4. The Morgan fingerprint density at radius 2 is 2.00 bits per heavy atom. The summed E-state index contributed by atoms with van der Waals surface area (Å²) in [7, 11) is 3.84. The fourth-order valence-corrected chi connectivity index (χ4v) is 2.17. The molecule has 1 rings (SSSR count). The zero-order valence-electron chi connectivity index (χ0n) is 12.9. The van der Waals surface area contributed by atoms with Crippen LogP contribution in [0.15, 0.2) is 18.3 Å². The Balaban J connectivity index is 2.74. The van der Waals surface area contributed by atoms with E-state index in [1.165, 1.54) is 0 Å². The molecule has 0 aliphatic heterocycles. The number of methoxy groups -OCH3 is 1. The molecule has 0 saturated carbocycles. The van der Waals surface area contributed by atoms with Gasteiger partial charge in [0.2, 0.25) is 5.88 Å². The van der Waals surface area contributed by atoms with E-state index in [1.54, 1.807) is 13.3 Å². The van der Waals surface area contributed by atoms with Crippen molar-refractivity contribution in [2.45, 2.75) is 26.8 Å². The third-order valence-corrected chi connectivity index (χ3v) is 3.71. The summed E-state index contributed by atoms with van der Waals surface area (Å²) in [4.78, 5) is 9.07. The number of aromatic nitrogens is 1. The quantitative estimate of drug-likeness (QED) is 0.722. The van der Waals surface area contributed by atoms with Gasteiger partial charge in [0.1, 0.15) is 0 Å². The lowest BCUT2D eigenvalue weighted by Gasteiger charge is -2.30. The highest BCUT2D eigenvalue weighted by Gasteiger charge is 2.18.